The summed E-state index contributed by atoms with van der Waals surface area (Å²) in [7, 11) is 3.84. The van der Waals surface area contributed by atoms with Crippen molar-refractivity contribution in [1.29, 1.82) is 0 Å². The Bertz CT molecular complexity index is 102. The molecule has 0 N–H and O–H groups in total. The van der Waals surface area contributed by atoms with Gasteiger partial charge >= 0.3 is 0 Å². The lowest BCUT2D eigenvalue weighted by Gasteiger charge is -2.07. The summed E-state index contributed by atoms with van der Waals surface area (Å²) < 4.78 is 5.88. The van der Waals surface area contributed by atoms with Crippen LogP contribution in [-0.2, 0) is 11.3 Å². The van der Waals surface area contributed by atoms with E-state index in [0.29, 0.717) is 0 Å². The molecule has 0 aromatic rings. The van der Waals surface area contributed by atoms with Crippen molar-refractivity contribution in [3.8, 4) is 0 Å². The Morgan fingerprint density at radius 3 is 2.12 bits per heavy atom. The molecule has 0 fully saturated rings. The molecule has 5 heteroatoms. The number of hydrogen-bond donors (Lipinski definition) is 0. The second-order valence-electron chi connectivity index (χ2n) is 1.57. The van der Waals surface area contributed by atoms with Crippen LogP contribution in [-0.4, -0.2) is 29.9 Å². The molecule has 4 nitrogen and oxygen atoms in total. The summed E-state index contributed by atoms with van der Waals surface area (Å²) in [5.41, 5.74) is 0. The van der Waals surface area contributed by atoms with Crippen LogP contribution in [0.1, 0.15) is 0 Å². The molecule has 0 radical (unpaired) electrons. The van der Waals surface area contributed by atoms with Gasteiger partial charge in [0.2, 0.25) is 0 Å². The van der Waals surface area contributed by atoms with Crippen molar-refractivity contribution in [2.45, 2.75) is 0 Å². The van der Waals surface area contributed by atoms with Crippen LogP contribution in [0.15, 0.2) is 9.74 Å². The van der Waals surface area contributed by atoms with Crippen LogP contribution in [0.3, 0.4) is 0 Å². The Hall–Kier alpha value is -0.290. The van der Waals surface area contributed by atoms with E-state index in [1.807, 2.05) is 24.8 Å². The molecule has 1 rings (SSSR count). The molecular weight excluding hydrogens is 124 g/mol. The van der Waals surface area contributed by atoms with Gasteiger partial charge in [0, 0.05) is 11.5 Å². The van der Waals surface area contributed by atoms with Gasteiger partial charge in [-0.25, -0.2) is 0 Å². The van der Waals surface area contributed by atoms with Gasteiger partial charge in [0.25, 0.3) is 11.3 Å². The van der Waals surface area contributed by atoms with Crippen LogP contribution in [0, 0.1) is 0 Å². The zero-order valence-corrected chi connectivity index (χ0v) is 6.01. The molecule has 0 aromatic heterocycles. The Morgan fingerprint density at radius 1 is 1.38 bits per heavy atom. The van der Waals surface area contributed by atoms with Gasteiger partial charge in [-0.15, -0.1) is 0 Å². The van der Waals surface area contributed by atoms with E-state index in [1.165, 1.54) is 0 Å². The van der Waals surface area contributed by atoms with Crippen LogP contribution >= 0.6 is 0 Å². The molecule has 0 bridgehead atoms. The summed E-state index contributed by atoms with van der Waals surface area (Å²) >= 11 is -0.0301. The fourth-order valence-corrected chi connectivity index (χ4v) is 1.08. The van der Waals surface area contributed by atoms with Crippen LogP contribution in [0.5, 0.6) is 0 Å². The molecule has 0 saturated carbocycles. The van der Waals surface area contributed by atoms with Gasteiger partial charge in [-0.2, -0.15) is 5.12 Å². The van der Waals surface area contributed by atoms with E-state index in [1.54, 1.807) is 5.12 Å². The lowest BCUT2D eigenvalue weighted by atomic mass is 11.3. The molecule has 1 aliphatic heterocycles. The first-order valence-electron chi connectivity index (χ1n) is 2.27. The van der Waals surface area contributed by atoms with Gasteiger partial charge in [-0.3, -0.25) is 0 Å². The molecule has 1 atom stereocenters. The van der Waals surface area contributed by atoms with Crippen LogP contribution in [0.2, 0.25) is 0 Å². The van der Waals surface area contributed by atoms with Crippen LogP contribution in [0.25, 0.3) is 0 Å². The van der Waals surface area contributed by atoms with Crippen molar-refractivity contribution in [3.63, 3.8) is 0 Å². The first-order valence-corrected chi connectivity index (χ1v) is 3.81. The van der Waals surface area contributed by atoms with Crippen molar-refractivity contribution < 1.29 is 0 Å². The summed E-state index contributed by atoms with van der Waals surface area (Å²) in [6.45, 7) is 0. The molecule has 0 amide bonds. The van der Waals surface area contributed by atoms with Gasteiger partial charge in [-0.1, -0.05) is 0 Å². The van der Waals surface area contributed by atoms with Crippen LogP contribution < -0.4 is 0 Å². The first kappa shape index (κ1) is 5.84. The second-order valence-corrected chi connectivity index (χ2v) is 3.16. The average Bonchev–Trinajstić information content (AvgIpc) is 1.98. The van der Waals surface area contributed by atoms with E-state index in [9.17, 15) is 0 Å². The van der Waals surface area contributed by atoms with Crippen molar-refractivity contribution in [1.82, 2.24) is 9.53 Å². The third-order valence-corrected chi connectivity index (χ3v) is 2.38. The fourth-order valence-electron chi connectivity index (χ4n) is 0.386. The van der Waals surface area contributed by atoms with Gasteiger partial charge in [0.05, 0.1) is 11.6 Å². The lowest BCUT2D eigenvalue weighted by molar-refractivity contribution is 0.144. The monoisotopic (exact) mass is 133 g/mol. The van der Waals surface area contributed by atoms with Gasteiger partial charge in [0.15, 0.2) is 6.26 Å². The zero-order chi connectivity index (χ0) is 6.15. The highest BCUT2D eigenvalue weighted by Crippen LogP contribution is 2.11. The topological polar surface area (TPSA) is 31.2 Å². The molecule has 0 saturated heterocycles. The minimum absolute atomic E-state index is 0.0301. The number of hydrazine groups is 1. The highest BCUT2D eigenvalue weighted by atomic mass is 32.2. The molecular formula is C3H9N4S+. The maximum Gasteiger partial charge on any atom is 0.262 e. The lowest BCUT2D eigenvalue weighted by Crippen LogP contribution is -2.30. The standard InChI is InChI=1S/C3H9N4S/c1-6-4-5-8(3)7(6)2/h1-3H3/q+1. The predicted octanol–water partition coefficient (Wildman–Crippen LogP) is 0.224. The highest BCUT2D eigenvalue weighted by Gasteiger charge is 2.29. The summed E-state index contributed by atoms with van der Waals surface area (Å²) in [6.07, 6.45) is 2.02. The smallest absolute Gasteiger partial charge is 0.164 e. The summed E-state index contributed by atoms with van der Waals surface area (Å²) in [6, 6.07) is 0. The number of rotatable bonds is 0. The second kappa shape index (κ2) is 1.91. The minimum Gasteiger partial charge on any atom is -0.164 e. The van der Waals surface area contributed by atoms with E-state index in [4.69, 9.17) is 0 Å². The number of hydrogen-bond acceptors (Lipinski definition) is 4. The maximum atomic E-state index is 3.90. The third-order valence-electron chi connectivity index (χ3n) is 1.07. The summed E-state index contributed by atoms with van der Waals surface area (Å²) in [5, 5.41) is 5.52. The molecule has 0 aromatic carbocycles. The SMILES string of the molecule is CN1N=N[S+](C)N1C. The Labute approximate surface area is 51.7 Å². The van der Waals surface area contributed by atoms with Gasteiger partial charge < -0.3 is 0 Å². The molecule has 0 aliphatic carbocycles. The minimum atomic E-state index is -0.0301. The van der Waals surface area contributed by atoms with Gasteiger partial charge in [0.1, 0.15) is 0 Å². The predicted molar refractivity (Wildman–Crippen MR) is 33.7 cm³/mol. The largest absolute Gasteiger partial charge is 0.262 e. The van der Waals surface area contributed by atoms with E-state index in [2.05, 4.69) is 9.74 Å². The fraction of sp³-hybridized carbons (Fsp3) is 1.00. The Kier molecular flexibility index (Phi) is 1.39. The summed E-state index contributed by atoms with van der Waals surface area (Å²) in [4.78, 5) is 0. The quantitative estimate of drug-likeness (QED) is 0.443. The molecule has 46 valence electrons. The normalized spacial score (nSPS) is 29.9. The molecule has 0 spiro atoms. The number of nitrogens with zero attached hydrogens (tertiary/aromatic N) is 4. The van der Waals surface area contributed by atoms with E-state index in [-0.39, 0.29) is 11.3 Å². The van der Waals surface area contributed by atoms with Crippen molar-refractivity contribution in [2.24, 2.45) is 9.74 Å². The molecule has 1 heterocycles. The van der Waals surface area contributed by atoms with Gasteiger partial charge in [-0.05, 0) is 5.22 Å². The van der Waals surface area contributed by atoms with E-state index < -0.39 is 0 Å². The Morgan fingerprint density at radius 2 is 2.00 bits per heavy atom. The van der Waals surface area contributed by atoms with E-state index in [0.717, 1.165) is 0 Å². The zero-order valence-electron chi connectivity index (χ0n) is 5.20. The molecule has 1 unspecified atom stereocenters. The van der Waals surface area contributed by atoms with E-state index >= 15 is 0 Å². The average molecular weight is 133 g/mol. The highest BCUT2D eigenvalue weighted by molar-refractivity contribution is 7.92. The van der Waals surface area contributed by atoms with Crippen LogP contribution in [0.4, 0.5) is 0 Å². The van der Waals surface area contributed by atoms with Crippen molar-refractivity contribution in [3.05, 3.63) is 0 Å². The third kappa shape index (κ3) is 0.784. The molecule has 8 heavy (non-hydrogen) atoms. The summed E-state index contributed by atoms with van der Waals surface area (Å²) in [5.74, 6) is 0. The maximum absolute atomic E-state index is 3.90. The Balaban J connectivity index is 2.55. The molecule has 1 aliphatic rings. The van der Waals surface area contributed by atoms with Crippen molar-refractivity contribution in [2.75, 3.05) is 20.4 Å². The first-order chi connectivity index (χ1) is 3.72. The van der Waals surface area contributed by atoms with Crippen molar-refractivity contribution >= 4 is 11.3 Å².